The third-order valence-electron chi connectivity index (χ3n) is 4.16. The topological polar surface area (TPSA) is 46.5 Å². The van der Waals surface area contributed by atoms with Crippen molar-refractivity contribution in [2.75, 3.05) is 6.61 Å². The molecule has 0 aliphatic heterocycles. The van der Waals surface area contributed by atoms with Crippen molar-refractivity contribution in [2.24, 2.45) is 5.92 Å². The van der Waals surface area contributed by atoms with Crippen LogP contribution in [-0.4, -0.2) is 17.7 Å². The largest absolute Gasteiger partial charge is 0.493 e. The highest BCUT2D eigenvalue weighted by Crippen LogP contribution is 2.25. The molecule has 0 heterocycles. The van der Waals surface area contributed by atoms with Crippen LogP contribution in [0.5, 0.6) is 5.75 Å². The summed E-state index contributed by atoms with van der Waals surface area (Å²) in [5.74, 6) is 0.424. The molecular weight excluding hydrogens is 324 g/mol. The zero-order valence-electron chi connectivity index (χ0n) is 16.2. The van der Waals surface area contributed by atoms with Crippen LogP contribution in [0.2, 0.25) is 0 Å². The van der Waals surface area contributed by atoms with Crippen molar-refractivity contribution in [3.8, 4) is 5.75 Å². The van der Waals surface area contributed by atoms with Crippen LogP contribution in [-0.2, 0) is 4.79 Å². The van der Waals surface area contributed by atoms with Gasteiger partial charge >= 0.3 is 5.97 Å². The number of aliphatic carboxylic acids is 1. The molecule has 0 radical (unpaired) electrons. The summed E-state index contributed by atoms with van der Waals surface area (Å²) >= 11 is 0. The number of benzene rings is 2. The van der Waals surface area contributed by atoms with Gasteiger partial charge in [-0.05, 0) is 34.8 Å². The molecule has 3 heteroatoms. The Hall–Kier alpha value is -2.55. The van der Waals surface area contributed by atoms with Crippen molar-refractivity contribution >= 4 is 11.5 Å². The highest BCUT2D eigenvalue weighted by Gasteiger charge is 2.08. The molecule has 0 bridgehead atoms. The Morgan fingerprint density at radius 3 is 2.00 bits per heavy atom. The van der Waals surface area contributed by atoms with E-state index in [0.717, 1.165) is 29.7 Å². The summed E-state index contributed by atoms with van der Waals surface area (Å²) in [5.41, 5.74) is 2.43. The number of carboxylic acid groups (broad SMARTS) is 1. The van der Waals surface area contributed by atoms with Crippen LogP contribution in [0.1, 0.15) is 51.7 Å². The molecule has 0 saturated carbocycles. The number of carbonyl (C=O) groups is 1. The normalized spacial score (nSPS) is 10.9. The van der Waals surface area contributed by atoms with Gasteiger partial charge in [-0.2, -0.15) is 0 Å². The van der Waals surface area contributed by atoms with E-state index in [1.807, 2.05) is 68.4 Å². The van der Waals surface area contributed by atoms with Gasteiger partial charge in [-0.3, -0.25) is 0 Å². The van der Waals surface area contributed by atoms with Crippen LogP contribution in [0, 0.1) is 5.92 Å². The van der Waals surface area contributed by atoms with E-state index in [0.29, 0.717) is 18.1 Å². The van der Waals surface area contributed by atoms with Crippen molar-refractivity contribution < 1.29 is 14.6 Å². The maximum Gasteiger partial charge on any atom is 0.328 e. The Morgan fingerprint density at radius 1 is 0.962 bits per heavy atom. The number of ether oxygens (including phenoxy) is 1. The molecule has 0 unspecified atom stereocenters. The van der Waals surface area contributed by atoms with Gasteiger partial charge in [0, 0.05) is 6.08 Å². The zero-order chi connectivity index (χ0) is 19.4. The fourth-order valence-electron chi connectivity index (χ4n) is 2.54. The van der Waals surface area contributed by atoms with E-state index >= 15 is 0 Å². The first-order valence-electron chi connectivity index (χ1n) is 9.37. The van der Waals surface area contributed by atoms with Crippen LogP contribution in [0.25, 0.3) is 5.57 Å². The average molecular weight is 354 g/mol. The van der Waals surface area contributed by atoms with Crippen LogP contribution < -0.4 is 4.74 Å². The minimum atomic E-state index is -0.956. The van der Waals surface area contributed by atoms with Crippen LogP contribution in [0.3, 0.4) is 0 Å². The smallest absolute Gasteiger partial charge is 0.328 e. The summed E-state index contributed by atoms with van der Waals surface area (Å²) in [4.78, 5) is 11.2. The molecule has 2 aromatic rings. The third kappa shape index (κ3) is 6.75. The lowest BCUT2D eigenvalue weighted by molar-refractivity contribution is -0.131. The maximum atomic E-state index is 11.2. The second kappa shape index (κ2) is 11.9. The molecule has 1 N–H and O–H groups in total. The van der Waals surface area contributed by atoms with Gasteiger partial charge in [-0.1, -0.05) is 83.0 Å². The predicted molar refractivity (Wildman–Crippen MR) is 109 cm³/mol. The minimum absolute atomic E-state index is 0.566. The SMILES string of the molecule is CC.CCC(CC)COc1ccc(/C(=C/C(=O)O)c2ccccc2)cc1. The zero-order valence-corrected chi connectivity index (χ0v) is 16.2. The summed E-state index contributed by atoms with van der Waals surface area (Å²) in [6.07, 6.45) is 3.46. The molecule has 2 rings (SSSR count). The van der Waals surface area contributed by atoms with Crippen LogP contribution in [0.15, 0.2) is 60.7 Å². The second-order valence-corrected chi connectivity index (χ2v) is 5.78. The fraction of sp³-hybridized carbons (Fsp3) is 0.348. The highest BCUT2D eigenvalue weighted by atomic mass is 16.5. The van der Waals surface area contributed by atoms with E-state index in [1.165, 1.54) is 6.08 Å². The number of hydrogen-bond donors (Lipinski definition) is 1. The third-order valence-corrected chi connectivity index (χ3v) is 4.16. The van der Waals surface area contributed by atoms with Crippen LogP contribution >= 0.6 is 0 Å². The van der Waals surface area contributed by atoms with Crippen molar-refractivity contribution in [2.45, 2.75) is 40.5 Å². The molecular formula is C23H30O3. The van der Waals surface area contributed by atoms with Gasteiger partial charge < -0.3 is 9.84 Å². The first-order valence-corrected chi connectivity index (χ1v) is 9.37. The van der Waals surface area contributed by atoms with E-state index in [-0.39, 0.29) is 0 Å². The molecule has 0 aromatic heterocycles. The Bertz CT molecular complexity index is 668. The summed E-state index contributed by atoms with van der Waals surface area (Å²) in [6.45, 7) is 9.05. The molecule has 140 valence electrons. The van der Waals surface area contributed by atoms with Crippen molar-refractivity contribution in [1.82, 2.24) is 0 Å². The van der Waals surface area contributed by atoms with Gasteiger partial charge in [0.15, 0.2) is 0 Å². The summed E-state index contributed by atoms with van der Waals surface area (Å²) < 4.78 is 5.84. The Labute approximate surface area is 157 Å². The molecule has 0 atom stereocenters. The minimum Gasteiger partial charge on any atom is -0.493 e. The molecule has 0 saturated heterocycles. The summed E-state index contributed by atoms with van der Waals surface area (Å²) in [5, 5.41) is 9.16. The summed E-state index contributed by atoms with van der Waals surface area (Å²) in [6, 6.07) is 17.1. The lowest BCUT2D eigenvalue weighted by atomic mass is 9.97. The number of carboxylic acids is 1. The van der Waals surface area contributed by atoms with Crippen molar-refractivity contribution in [3.63, 3.8) is 0 Å². The average Bonchev–Trinajstić information content (AvgIpc) is 2.69. The standard InChI is InChI=1S/C21H24O3.C2H6/c1-3-16(4-2)15-24-19-12-10-18(11-13-19)20(14-21(22)23)17-8-6-5-7-9-17;1-2/h5-14,16H,3-4,15H2,1-2H3,(H,22,23);1-2H3/b20-14+;. The van der Waals surface area contributed by atoms with E-state index in [9.17, 15) is 4.79 Å². The lowest BCUT2D eigenvalue weighted by Crippen LogP contribution is -2.10. The molecule has 0 spiro atoms. The van der Waals surface area contributed by atoms with E-state index in [2.05, 4.69) is 13.8 Å². The van der Waals surface area contributed by atoms with Crippen LogP contribution in [0.4, 0.5) is 0 Å². The molecule has 26 heavy (non-hydrogen) atoms. The van der Waals surface area contributed by atoms with Gasteiger partial charge in [0.25, 0.3) is 0 Å². The Kier molecular flexibility index (Phi) is 9.85. The molecule has 3 nitrogen and oxygen atoms in total. The fourth-order valence-corrected chi connectivity index (χ4v) is 2.54. The van der Waals surface area contributed by atoms with Crippen molar-refractivity contribution in [1.29, 1.82) is 0 Å². The maximum absolute atomic E-state index is 11.2. The predicted octanol–water partition coefficient (Wildman–Crippen LogP) is 6.04. The van der Waals surface area contributed by atoms with Gasteiger partial charge in [-0.25, -0.2) is 4.79 Å². The van der Waals surface area contributed by atoms with E-state index in [1.54, 1.807) is 0 Å². The number of rotatable bonds is 8. The van der Waals surface area contributed by atoms with Crippen molar-refractivity contribution in [3.05, 3.63) is 71.8 Å². The molecule has 0 aliphatic rings. The Balaban J connectivity index is 0.00000163. The van der Waals surface area contributed by atoms with Gasteiger partial charge in [0.2, 0.25) is 0 Å². The summed E-state index contributed by atoms with van der Waals surface area (Å²) in [7, 11) is 0. The number of hydrogen-bond acceptors (Lipinski definition) is 2. The van der Waals surface area contributed by atoms with Gasteiger partial charge in [-0.15, -0.1) is 0 Å². The molecule has 2 aromatic carbocycles. The molecule has 0 amide bonds. The Morgan fingerprint density at radius 2 is 1.50 bits per heavy atom. The second-order valence-electron chi connectivity index (χ2n) is 5.78. The van der Waals surface area contributed by atoms with E-state index in [4.69, 9.17) is 9.84 Å². The quantitative estimate of drug-likeness (QED) is 0.587. The monoisotopic (exact) mass is 354 g/mol. The molecule has 0 fully saturated rings. The first kappa shape index (κ1) is 21.5. The first-order chi connectivity index (χ1) is 12.6. The highest BCUT2D eigenvalue weighted by molar-refractivity contribution is 5.95. The van der Waals surface area contributed by atoms with Gasteiger partial charge in [0.05, 0.1) is 6.61 Å². The molecule has 0 aliphatic carbocycles. The van der Waals surface area contributed by atoms with Gasteiger partial charge in [0.1, 0.15) is 5.75 Å². The van der Waals surface area contributed by atoms with E-state index < -0.39 is 5.97 Å². The lowest BCUT2D eigenvalue weighted by Gasteiger charge is -2.14.